The Morgan fingerprint density at radius 3 is 2.00 bits per heavy atom. The van der Waals surface area contributed by atoms with Crippen molar-refractivity contribution >= 4 is 55.0 Å². The number of nitrogens with one attached hydrogen (secondary N) is 1. The molecule has 264 valence electrons. The largest absolute Gasteiger partial charge is 0.374 e. The first-order valence-electron chi connectivity index (χ1n) is 19.2. The van der Waals surface area contributed by atoms with Gasteiger partial charge >= 0.3 is 0 Å². The van der Waals surface area contributed by atoms with E-state index in [1.54, 1.807) is 0 Å². The van der Waals surface area contributed by atoms with E-state index in [-0.39, 0.29) is 6.04 Å². The second-order valence-electron chi connectivity index (χ2n) is 14.5. The molecule has 3 aromatic heterocycles. The maximum Gasteiger partial charge on any atom is 0.145 e. The molecule has 1 atom stereocenters. The topological polar surface area (TPSA) is 34.8 Å². The number of dihydropyridines is 1. The second kappa shape index (κ2) is 13.2. The predicted octanol–water partition coefficient (Wildman–Crippen LogP) is 12.7. The van der Waals surface area contributed by atoms with Crippen LogP contribution < -0.4 is 5.32 Å². The van der Waals surface area contributed by atoms with Crippen LogP contribution in [0.2, 0.25) is 0 Å². The fourth-order valence-electron chi connectivity index (χ4n) is 8.65. The molecule has 0 amide bonds. The third-order valence-corrected chi connectivity index (χ3v) is 11.2. The minimum Gasteiger partial charge on any atom is -0.374 e. The number of allylic oxidation sites excluding steroid dienone is 2. The first kappa shape index (κ1) is 32.0. The highest BCUT2D eigenvalue weighted by atomic mass is 15.0. The molecule has 10 aromatic rings. The van der Waals surface area contributed by atoms with Gasteiger partial charge in [-0.05, 0) is 106 Å². The number of fused-ring (bicyclic) bond motifs is 6. The summed E-state index contributed by atoms with van der Waals surface area (Å²) in [6, 6.07) is 67.5. The molecule has 0 bridgehead atoms. The first-order chi connectivity index (χ1) is 27.8. The van der Waals surface area contributed by atoms with Gasteiger partial charge in [0.15, 0.2) is 0 Å². The number of aromatic nitrogens is 3. The van der Waals surface area contributed by atoms with Crippen molar-refractivity contribution in [2.45, 2.75) is 6.04 Å². The van der Waals surface area contributed by atoms with E-state index in [4.69, 9.17) is 4.98 Å². The molecule has 0 saturated heterocycles. The molecule has 4 heteroatoms. The third-order valence-electron chi connectivity index (χ3n) is 11.2. The number of rotatable bonds is 6. The minimum atomic E-state index is 0.0423. The van der Waals surface area contributed by atoms with Gasteiger partial charge in [0.2, 0.25) is 0 Å². The summed E-state index contributed by atoms with van der Waals surface area (Å²) in [5.74, 6) is 0. The van der Waals surface area contributed by atoms with Crippen molar-refractivity contribution in [3.63, 3.8) is 0 Å². The monoisotopic (exact) mass is 716 g/mol. The van der Waals surface area contributed by atoms with Crippen LogP contribution in [0.5, 0.6) is 0 Å². The molecule has 1 aliphatic rings. The standard InChI is InChI=1S/C52H36N4/c1-4-15-35(16-5-1)46-33-39(34-47(54-46)36-17-6-2-7-18-36)37-19-12-22-41(31-37)55-48-26-11-10-23-44(48)51-42(24-13-27-50(51)55)38-28-29-49-45(32-38)43-25-14-30-53-52(43)56(49)40-20-8-3-9-21-40/h1-34,46,54H. The lowest BCUT2D eigenvalue weighted by molar-refractivity contribution is 0.767. The van der Waals surface area contributed by atoms with Gasteiger partial charge in [-0.25, -0.2) is 4.98 Å². The summed E-state index contributed by atoms with van der Waals surface area (Å²) in [6.45, 7) is 0. The van der Waals surface area contributed by atoms with Crippen molar-refractivity contribution in [2.75, 3.05) is 0 Å². The van der Waals surface area contributed by atoms with Gasteiger partial charge in [0.25, 0.3) is 0 Å². The Bertz CT molecular complexity index is 3150. The zero-order valence-electron chi connectivity index (χ0n) is 30.5. The van der Waals surface area contributed by atoms with Crippen molar-refractivity contribution in [1.29, 1.82) is 0 Å². The molecular formula is C52H36N4. The van der Waals surface area contributed by atoms with E-state index in [9.17, 15) is 0 Å². The lowest BCUT2D eigenvalue weighted by atomic mass is 9.93. The molecule has 7 aromatic carbocycles. The molecule has 1 unspecified atom stereocenters. The number of pyridine rings is 1. The molecule has 0 spiro atoms. The predicted molar refractivity (Wildman–Crippen MR) is 233 cm³/mol. The summed E-state index contributed by atoms with van der Waals surface area (Å²) in [5.41, 5.74) is 15.0. The molecule has 0 aliphatic carbocycles. The lowest BCUT2D eigenvalue weighted by Gasteiger charge is -2.26. The number of hydrogen-bond donors (Lipinski definition) is 1. The summed E-state index contributed by atoms with van der Waals surface area (Å²) in [7, 11) is 0. The van der Waals surface area contributed by atoms with Gasteiger partial charge in [0.1, 0.15) is 5.65 Å². The van der Waals surface area contributed by atoms with Gasteiger partial charge in [0.05, 0.1) is 22.6 Å². The molecule has 1 aliphatic heterocycles. The van der Waals surface area contributed by atoms with Gasteiger partial charge in [-0.3, -0.25) is 4.57 Å². The van der Waals surface area contributed by atoms with Crippen LogP contribution in [0.1, 0.15) is 22.7 Å². The minimum absolute atomic E-state index is 0.0423. The van der Waals surface area contributed by atoms with E-state index in [1.165, 1.54) is 60.6 Å². The summed E-state index contributed by atoms with van der Waals surface area (Å²) in [5, 5.41) is 8.61. The Kier molecular flexibility index (Phi) is 7.52. The normalized spacial score (nSPS) is 14.2. The molecule has 0 radical (unpaired) electrons. The third kappa shape index (κ3) is 5.26. The van der Waals surface area contributed by atoms with Crippen LogP contribution in [-0.2, 0) is 0 Å². The summed E-state index contributed by atoms with van der Waals surface area (Å²) < 4.78 is 4.70. The van der Waals surface area contributed by atoms with E-state index >= 15 is 0 Å². The lowest BCUT2D eigenvalue weighted by Crippen LogP contribution is -2.21. The SMILES string of the molecule is C1=C(c2cccc(-n3c4ccccc4c4c(-c5ccc6c(c5)c5cccnc5n6-c5ccccc5)cccc43)c2)C=C(c2ccccc2)NC1c1ccccc1. The van der Waals surface area contributed by atoms with E-state index in [1.807, 2.05) is 12.3 Å². The van der Waals surface area contributed by atoms with E-state index in [0.29, 0.717) is 0 Å². The number of nitrogens with zero attached hydrogens (tertiary/aromatic N) is 3. The van der Waals surface area contributed by atoms with Crippen LogP contribution in [0.4, 0.5) is 0 Å². The first-order valence-corrected chi connectivity index (χ1v) is 19.2. The van der Waals surface area contributed by atoms with Crippen molar-refractivity contribution in [3.8, 4) is 22.5 Å². The van der Waals surface area contributed by atoms with Crippen molar-refractivity contribution in [3.05, 3.63) is 223 Å². The molecular weight excluding hydrogens is 681 g/mol. The molecule has 4 heterocycles. The quantitative estimate of drug-likeness (QED) is 0.186. The molecule has 11 rings (SSSR count). The zero-order chi connectivity index (χ0) is 37.0. The Hall–Kier alpha value is -7.43. The summed E-state index contributed by atoms with van der Waals surface area (Å²) in [6.07, 6.45) is 6.53. The Morgan fingerprint density at radius 2 is 1.14 bits per heavy atom. The average Bonchev–Trinajstić information content (AvgIpc) is 3.80. The Balaban J connectivity index is 1.07. The molecule has 1 N–H and O–H groups in total. The van der Waals surface area contributed by atoms with Crippen molar-refractivity contribution < 1.29 is 0 Å². The van der Waals surface area contributed by atoms with Gasteiger partial charge in [0, 0.05) is 44.8 Å². The van der Waals surface area contributed by atoms with Gasteiger partial charge < -0.3 is 9.88 Å². The van der Waals surface area contributed by atoms with Crippen LogP contribution in [0, 0.1) is 0 Å². The molecule has 0 saturated carbocycles. The van der Waals surface area contributed by atoms with E-state index in [2.05, 4.69) is 209 Å². The average molecular weight is 717 g/mol. The maximum atomic E-state index is 4.85. The van der Waals surface area contributed by atoms with Crippen LogP contribution in [0.15, 0.2) is 206 Å². The highest BCUT2D eigenvalue weighted by molar-refractivity contribution is 6.17. The van der Waals surface area contributed by atoms with Crippen LogP contribution in [0.3, 0.4) is 0 Å². The molecule has 0 fully saturated rings. The van der Waals surface area contributed by atoms with Gasteiger partial charge in [-0.2, -0.15) is 0 Å². The van der Waals surface area contributed by atoms with Crippen molar-refractivity contribution in [2.24, 2.45) is 0 Å². The van der Waals surface area contributed by atoms with E-state index in [0.717, 1.165) is 33.6 Å². The number of hydrogen-bond acceptors (Lipinski definition) is 2. The van der Waals surface area contributed by atoms with Crippen LogP contribution in [-0.4, -0.2) is 14.1 Å². The fourth-order valence-corrected chi connectivity index (χ4v) is 8.65. The van der Waals surface area contributed by atoms with Gasteiger partial charge in [-0.15, -0.1) is 0 Å². The molecule has 4 nitrogen and oxygen atoms in total. The van der Waals surface area contributed by atoms with Gasteiger partial charge in [-0.1, -0.05) is 127 Å². The van der Waals surface area contributed by atoms with E-state index < -0.39 is 0 Å². The van der Waals surface area contributed by atoms with Crippen LogP contribution in [0.25, 0.3) is 77.5 Å². The maximum absolute atomic E-state index is 4.85. The Labute approximate surface area is 324 Å². The highest BCUT2D eigenvalue weighted by Gasteiger charge is 2.21. The number of para-hydroxylation sites is 2. The summed E-state index contributed by atoms with van der Waals surface area (Å²) >= 11 is 0. The Morgan fingerprint density at radius 1 is 0.464 bits per heavy atom. The zero-order valence-corrected chi connectivity index (χ0v) is 30.5. The number of benzene rings is 7. The second-order valence-corrected chi connectivity index (χ2v) is 14.5. The molecule has 56 heavy (non-hydrogen) atoms. The fraction of sp³-hybridized carbons (Fsp3) is 0.0192. The highest BCUT2D eigenvalue weighted by Crippen LogP contribution is 2.41. The smallest absolute Gasteiger partial charge is 0.145 e. The van der Waals surface area contributed by atoms with Crippen LogP contribution >= 0.6 is 0 Å². The van der Waals surface area contributed by atoms with Crippen molar-refractivity contribution in [1.82, 2.24) is 19.4 Å². The summed E-state index contributed by atoms with van der Waals surface area (Å²) in [4.78, 5) is 4.85.